The third-order valence-electron chi connectivity index (χ3n) is 3.97. The van der Waals surface area contributed by atoms with Crippen molar-refractivity contribution in [3.05, 3.63) is 61.5 Å². The van der Waals surface area contributed by atoms with Crippen molar-refractivity contribution < 1.29 is 32.4 Å². The van der Waals surface area contributed by atoms with Gasteiger partial charge in [-0.05, 0) is 42.8 Å². The highest BCUT2D eigenvalue weighted by molar-refractivity contribution is 8.26. The van der Waals surface area contributed by atoms with Gasteiger partial charge in [-0.15, -0.1) is 0 Å². The number of carbonyl (C=O) groups is 1. The van der Waals surface area contributed by atoms with E-state index in [4.69, 9.17) is 33.3 Å². The molecule has 7 nitrogen and oxygen atoms in total. The van der Waals surface area contributed by atoms with Crippen LogP contribution in [-0.4, -0.2) is 21.8 Å². The zero-order valence-corrected chi connectivity index (χ0v) is 18.4. The summed E-state index contributed by atoms with van der Waals surface area (Å²) in [6, 6.07) is 4.76. The van der Waals surface area contributed by atoms with Crippen LogP contribution in [0.25, 0.3) is 6.08 Å². The molecule has 13 heteroatoms. The summed E-state index contributed by atoms with van der Waals surface area (Å²) in [7, 11) is 0. The van der Waals surface area contributed by atoms with E-state index < -0.39 is 28.1 Å². The molecule has 2 aromatic carbocycles. The minimum atomic E-state index is -4.76. The average molecular weight is 505 g/mol. The molecule has 1 heterocycles. The predicted octanol–water partition coefficient (Wildman–Crippen LogP) is 5.95. The standard InChI is InChI=1S/C19H12ClF3N2O5S2/c1-2-29-14-6-9(7-15-17(26)24-18(31)32-15)5-11(20)16(14)30-13-4-3-10(19(21,22)23)8-12(13)25(27)28/h3-8H,2H2,1H3,(H,24,26,31)/b15-7-. The number of thiocarbonyl (C=S) groups is 1. The first-order chi connectivity index (χ1) is 15.0. The van der Waals surface area contributed by atoms with Crippen LogP contribution in [-0.2, 0) is 11.0 Å². The number of rotatable bonds is 6. The van der Waals surface area contributed by atoms with Crippen molar-refractivity contribution in [2.24, 2.45) is 0 Å². The van der Waals surface area contributed by atoms with Gasteiger partial charge in [0.2, 0.25) is 5.75 Å². The summed E-state index contributed by atoms with van der Waals surface area (Å²) >= 11 is 12.3. The number of ether oxygens (including phenoxy) is 2. The van der Waals surface area contributed by atoms with Gasteiger partial charge < -0.3 is 14.8 Å². The molecular weight excluding hydrogens is 493 g/mol. The van der Waals surface area contributed by atoms with Crippen molar-refractivity contribution in [2.75, 3.05) is 6.61 Å². The van der Waals surface area contributed by atoms with E-state index in [0.29, 0.717) is 26.9 Å². The summed E-state index contributed by atoms with van der Waals surface area (Å²) in [5.41, 5.74) is -1.63. The molecule has 0 unspecified atom stereocenters. The van der Waals surface area contributed by atoms with Crippen LogP contribution in [0.1, 0.15) is 18.1 Å². The first-order valence-corrected chi connectivity index (χ1v) is 10.3. The molecule has 0 spiro atoms. The molecule has 0 aromatic heterocycles. The van der Waals surface area contributed by atoms with Gasteiger partial charge in [0, 0.05) is 6.07 Å². The van der Waals surface area contributed by atoms with Crippen LogP contribution in [0.15, 0.2) is 35.2 Å². The zero-order chi connectivity index (χ0) is 23.6. The molecule has 1 fully saturated rings. The molecule has 0 atom stereocenters. The van der Waals surface area contributed by atoms with Crippen molar-refractivity contribution >= 4 is 57.6 Å². The highest BCUT2D eigenvalue weighted by Gasteiger charge is 2.34. The number of benzene rings is 2. The fraction of sp³-hybridized carbons (Fsp3) is 0.158. The van der Waals surface area contributed by atoms with Gasteiger partial charge in [0.25, 0.3) is 5.91 Å². The first-order valence-electron chi connectivity index (χ1n) is 8.74. The van der Waals surface area contributed by atoms with Crippen molar-refractivity contribution in [1.29, 1.82) is 0 Å². The number of nitrogens with zero attached hydrogens (tertiary/aromatic N) is 1. The molecule has 1 N–H and O–H groups in total. The summed E-state index contributed by atoms with van der Waals surface area (Å²) in [5.74, 6) is -0.882. The maximum absolute atomic E-state index is 12.9. The van der Waals surface area contributed by atoms with Gasteiger partial charge >= 0.3 is 11.9 Å². The quantitative estimate of drug-likeness (QED) is 0.225. The minimum absolute atomic E-state index is 0.0389. The van der Waals surface area contributed by atoms with Gasteiger partial charge in [-0.1, -0.05) is 35.6 Å². The molecule has 0 bridgehead atoms. The van der Waals surface area contributed by atoms with Crippen molar-refractivity contribution in [2.45, 2.75) is 13.1 Å². The molecular formula is C19H12ClF3N2O5S2. The molecule has 0 aliphatic carbocycles. The number of thioether (sulfide) groups is 1. The second-order valence-electron chi connectivity index (χ2n) is 6.15. The van der Waals surface area contributed by atoms with E-state index in [0.717, 1.165) is 17.8 Å². The van der Waals surface area contributed by atoms with Gasteiger partial charge in [0.1, 0.15) is 4.32 Å². The Bertz CT molecular complexity index is 1150. The summed E-state index contributed by atoms with van der Waals surface area (Å²) in [5, 5.41) is 13.8. The fourth-order valence-electron chi connectivity index (χ4n) is 2.64. The second-order valence-corrected chi connectivity index (χ2v) is 8.28. The number of hydrogen-bond donors (Lipinski definition) is 1. The Balaban J connectivity index is 2.03. The summed E-state index contributed by atoms with van der Waals surface area (Å²) in [4.78, 5) is 22.5. The largest absolute Gasteiger partial charge is 0.490 e. The van der Waals surface area contributed by atoms with E-state index in [-0.39, 0.29) is 29.0 Å². The van der Waals surface area contributed by atoms with Gasteiger partial charge in [-0.2, -0.15) is 13.2 Å². The van der Waals surface area contributed by atoms with Crippen molar-refractivity contribution in [3.8, 4) is 17.2 Å². The van der Waals surface area contributed by atoms with Crippen LogP contribution in [0.2, 0.25) is 5.02 Å². The van der Waals surface area contributed by atoms with E-state index in [1.54, 1.807) is 6.92 Å². The average Bonchev–Trinajstić information content (AvgIpc) is 3.00. The SMILES string of the molecule is CCOc1cc(/C=C2\SC(=S)NC2=O)cc(Cl)c1Oc1ccc(C(F)(F)F)cc1[N+](=O)[O-]. The van der Waals surface area contributed by atoms with Gasteiger partial charge in [-0.25, -0.2) is 0 Å². The lowest BCUT2D eigenvalue weighted by molar-refractivity contribution is -0.385. The van der Waals surface area contributed by atoms with Gasteiger partial charge in [-0.3, -0.25) is 14.9 Å². The van der Waals surface area contributed by atoms with Crippen LogP contribution >= 0.6 is 35.6 Å². The Kier molecular flexibility index (Phi) is 6.96. The van der Waals surface area contributed by atoms with Crippen molar-refractivity contribution in [3.63, 3.8) is 0 Å². The first kappa shape index (κ1) is 23.8. The third kappa shape index (κ3) is 5.31. The molecule has 1 saturated heterocycles. The number of alkyl halides is 3. The molecule has 1 aliphatic rings. The normalized spacial score (nSPS) is 15.1. The molecule has 0 radical (unpaired) electrons. The van der Waals surface area contributed by atoms with Crippen LogP contribution in [0.3, 0.4) is 0 Å². The molecule has 168 valence electrons. The Morgan fingerprint density at radius 3 is 2.56 bits per heavy atom. The second kappa shape index (κ2) is 9.35. The summed E-state index contributed by atoms with van der Waals surface area (Å²) in [6.07, 6.45) is -3.25. The number of halogens is 4. The van der Waals surface area contributed by atoms with Crippen LogP contribution in [0.4, 0.5) is 18.9 Å². The monoisotopic (exact) mass is 504 g/mol. The van der Waals surface area contributed by atoms with E-state index in [1.807, 2.05) is 0 Å². The molecule has 1 aliphatic heterocycles. The Labute approximate surface area is 193 Å². The van der Waals surface area contributed by atoms with Gasteiger partial charge in [0.15, 0.2) is 11.5 Å². The lowest BCUT2D eigenvalue weighted by Gasteiger charge is -2.15. The van der Waals surface area contributed by atoms with Crippen LogP contribution in [0.5, 0.6) is 17.2 Å². The number of nitrogens with one attached hydrogen (secondary N) is 1. The number of amides is 1. The van der Waals surface area contributed by atoms with E-state index in [2.05, 4.69) is 5.32 Å². The van der Waals surface area contributed by atoms with E-state index in [1.165, 1.54) is 18.2 Å². The molecule has 32 heavy (non-hydrogen) atoms. The van der Waals surface area contributed by atoms with Crippen LogP contribution < -0.4 is 14.8 Å². The molecule has 0 saturated carbocycles. The highest BCUT2D eigenvalue weighted by atomic mass is 35.5. The number of nitro groups is 1. The molecule has 1 amide bonds. The summed E-state index contributed by atoms with van der Waals surface area (Å²) in [6.45, 7) is 1.84. The maximum atomic E-state index is 12.9. The number of nitro benzene ring substituents is 1. The minimum Gasteiger partial charge on any atom is -0.490 e. The van der Waals surface area contributed by atoms with Crippen molar-refractivity contribution in [1.82, 2.24) is 5.32 Å². The van der Waals surface area contributed by atoms with E-state index >= 15 is 0 Å². The predicted molar refractivity (Wildman–Crippen MR) is 117 cm³/mol. The van der Waals surface area contributed by atoms with Gasteiger partial charge in [0.05, 0.1) is 27.0 Å². The Morgan fingerprint density at radius 1 is 1.28 bits per heavy atom. The Morgan fingerprint density at radius 2 is 2.00 bits per heavy atom. The zero-order valence-electron chi connectivity index (χ0n) is 16.0. The lowest BCUT2D eigenvalue weighted by Crippen LogP contribution is -2.17. The van der Waals surface area contributed by atoms with E-state index in [9.17, 15) is 28.1 Å². The molecule has 3 rings (SSSR count). The Hall–Kier alpha value is -2.83. The topological polar surface area (TPSA) is 90.7 Å². The highest BCUT2D eigenvalue weighted by Crippen LogP contribution is 2.44. The molecule has 2 aromatic rings. The maximum Gasteiger partial charge on any atom is 0.416 e. The fourth-order valence-corrected chi connectivity index (χ4v) is 3.94. The third-order valence-corrected chi connectivity index (χ3v) is 5.41. The van der Waals surface area contributed by atoms with Crippen LogP contribution in [0, 0.1) is 10.1 Å². The lowest BCUT2D eigenvalue weighted by atomic mass is 10.1. The summed E-state index contributed by atoms with van der Waals surface area (Å²) < 4.78 is 50.1. The smallest absolute Gasteiger partial charge is 0.416 e. The number of carbonyl (C=O) groups excluding carboxylic acids is 1. The number of hydrogen-bond acceptors (Lipinski definition) is 7.